The lowest BCUT2D eigenvalue weighted by molar-refractivity contribution is 0.0915. The van der Waals surface area contributed by atoms with E-state index in [1.165, 1.54) is 0 Å². The third-order valence-electron chi connectivity index (χ3n) is 3.78. The number of aliphatic hydroxyl groups excluding tert-OH is 1. The molecule has 22 heavy (non-hydrogen) atoms. The number of rotatable bonds is 5. The fourth-order valence-corrected chi connectivity index (χ4v) is 2.25. The lowest BCUT2D eigenvalue weighted by Gasteiger charge is -2.14. The maximum atomic E-state index is 12.2. The summed E-state index contributed by atoms with van der Waals surface area (Å²) in [5.41, 5.74) is 3.37. The number of amides is 1. The predicted molar refractivity (Wildman–Crippen MR) is 86.2 cm³/mol. The van der Waals surface area contributed by atoms with Crippen LogP contribution in [0.1, 0.15) is 33.2 Å². The molecule has 2 aromatic rings. The molecule has 0 saturated carbocycles. The molecule has 0 spiro atoms. The van der Waals surface area contributed by atoms with E-state index in [-0.39, 0.29) is 12.5 Å². The van der Waals surface area contributed by atoms with Crippen LogP contribution >= 0.6 is 0 Å². The molecule has 0 aliphatic carbocycles. The highest BCUT2D eigenvalue weighted by Gasteiger charge is 2.13. The van der Waals surface area contributed by atoms with Gasteiger partial charge in [-0.3, -0.25) is 4.79 Å². The largest absolute Gasteiger partial charge is 0.497 e. The van der Waals surface area contributed by atoms with Gasteiger partial charge in [-0.2, -0.15) is 0 Å². The SMILES string of the molecule is COc1cccc(C(O)CNC(=O)c2cccc(C)c2C)c1. The number of aryl methyl sites for hydroxylation is 1. The zero-order valence-electron chi connectivity index (χ0n) is 13.1. The van der Waals surface area contributed by atoms with Crippen LogP contribution in [-0.4, -0.2) is 24.7 Å². The molecule has 116 valence electrons. The highest BCUT2D eigenvalue weighted by molar-refractivity contribution is 5.95. The highest BCUT2D eigenvalue weighted by Crippen LogP contribution is 2.19. The van der Waals surface area contributed by atoms with Crippen LogP contribution in [0.3, 0.4) is 0 Å². The molecule has 4 heteroatoms. The maximum absolute atomic E-state index is 12.2. The first-order valence-corrected chi connectivity index (χ1v) is 7.19. The van der Waals surface area contributed by atoms with E-state index in [9.17, 15) is 9.90 Å². The van der Waals surface area contributed by atoms with Crippen molar-refractivity contribution in [1.29, 1.82) is 0 Å². The van der Waals surface area contributed by atoms with Crippen molar-refractivity contribution in [2.24, 2.45) is 0 Å². The Kier molecular flexibility index (Phi) is 5.17. The van der Waals surface area contributed by atoms with E-state index in [4.69, 9.17) is 4.74 Å². The summed E-state index contributed by atoms with van der Waals surface area (Å²) in [5.74, 6) is 0.501. The van der Waals surface area contributed by atoms with Crippen LogP contribution in [0.4, 0.5) is 0 Å². The third kappa shape index (κ3) is 3.65. The third-order valence-corrected chi connectivity index (χ3v) is 3.78. The maximum Gasteiger partial charge on any atom is 0.251 e. The number of hydrogen-bond acceptors (Lipinski definition) is 3. The second-order valence-electron chi connectivity index (χ2n) is 5.25. The van der Waals surface area contributed by atoms with Gasteiger partial charge in [0, 0.05) is 12.1 Å². The van der Waals surface area contributed by atoms with Crippen molar-refractivity contribution in [3.05, 3.63) is 64.7 Å². The van der Waals surface area contributed by atoms with E-state index in [2.05, 4.69) is 5.32 Å². The summed E-state index contributed by atoms with van der Waals surface area (Å²) in [6.07, 6.45) is -0.774. The number of methoxy groups -OCH3 is 1. The minimum Gasteiger partial charge on any atom is -0.497 e. The number of aliphatic hydroxyl groups is 1. The van der Waals surface area contributed by atoms with Crippen LogP contribution in [0.25, 0.3) is 0 Å². The van der Waals surface area contributed by atoms with Gasteiger partial charge in [0.15, 0.2) is 0 Å². The van der Waals surface area contributed by atoms with Gasteiger partial charge in [-0.05, 0) is 48.7 Å². The van der Waals surface area contributed by atoms with E-state index >= 15 is 0 Å². The van der Waals surface area contributed by atoms with E-state index in [1.54, 1.807) is 25.3 Å². The molecule has 0 heterocycles. The number of ether oxygens (including phenoxy) is 1. The number of carbonyl (C=O) groups excluding carboxylic acids is 1. The van der Waals surface area contributed by atoms with Crippen molar-refractivity contribution in [2.75, 3.05) is 13.7 Å². The van der Waals surface area contributed by atoms with Crippen molar-refractivity contribution in [3.63, 3.8) is 0 Å². The van der Waals surface area contributed by atoms with E-state index < -0.39 is 6.10 Å². The average Bonchev–Trinajstić information content (AvgIpc) is 2.54. The zero-order chi connectivity index (χ0) is 16.1. The summed E-state index contributed by atoms with van der Waals surface area (Å²) in [5, 5.41) is 13.0. The topological polar surface area (TPSA) is 58.6 Å². The van der Waals surface area contributed by atoms with Gasteiger partial charge < -0.3 is 15.2 Å². The summed E-state index contributed by atoms with van der Waals surface area (Å²) in [6, 6.07) is 12.8. The van der Waals surface area contributed by atoms with Crippen LogP contribution in [0.5, 0.6) is 5.75 Å². The summed E-state index contributed by atoms with van der Waals surface area (Å²) >= 11 is 0. The summed E-state index contributed by atoms with van der Waals surface area (Å²) in [4.78, 5) is 12.2. The van der Waals surface area contributed by atoms with Gasteiger partial charge in [0.25, 0.3) is 5.91 Å². The number of benzene rings is 2. The van der Waals surface area contributed by atoms with Gasteiger partial charge in [-0.15, -0.1) is 0 Å². The molecule has 2 rings (SSSR count). The summed E-state index contributed by atoms with van der Waals surface area (Å²) < 4.78 is 5.13. The van der Waals surface area contributed by atoms with Crippen molar-refractivity contribution >= 4 is 5.91 Å². The van der Waals surface area contributed by atoms with E-state index in [1.807, 2.05) is 38.1 Å². The van der Waals surface area contributed by atoms with Crippen LogP contribution in [0.2, 0.25) is 0 Å². The van der Waals surface area contributed by atoms with E-state index in [0.717, 1.165) is 11.1 Å². The van der Waals surface area contributed by atoms with Crippen molar-refractivity contribution in [1.82, 2.24) is 5.32 Å². The predicted octanol–water partition coefficient (Wildman–Crippen LogP) is 2.78. The van der Waals surface area contributed by atoms with Gasteiger partial charge in [0.05, 0.1) is 13.2 Å². The summed E-state index contributed by atoms with van der Waals surface area (Å²) in [7, 11) is 1.58. The fourth-order valence-electron chi connectivity index (χ4n) is 2.25. The van der Waals surface area contributed by atoms with Crippen LogP contribution in [0.15, 0.2) is 42.5 Å². The molecular weight excluding hydrogens is 278 g/mol. The first kappa shape index (κ1) is 16.0. The van der Waals surface area contributed by atoms with Crippen molar-refractivity contribution in [3.8, 4) is 5.75 Å². The van der Waals surface area contributed by atoms with Crippen LogP contribution in [0, 0.1) is 13.8 Å². The first-order chi connectivity index (χ1) is 10.5. The number of hydrogen-bond donors (Lipinski definition) is 2. The smallest absolute Gasteiger partial charge is 0.251 e. The van der Waals surface area contributed by atoms with E-state index in [0.29, 0.717) is 16.9 Å². The Balaban J connectivity index is 2.02. The quantitative estimate of drug-likeness (QED) is 0.892. The molecule has 1 atom stereocenters. The van der Waals surface area contributed by atoms with Crippen LogP contribution in [-0.2, 0) is 0 Å². The molecule has 0 fully saturated rings. The minimum atomic E-state index is -0.774. The Morgan fingerprint density at radius 2 is 1.95 bits per heavy atom. The Morgan fingerprint density at radius 1 is 1.23 bits per heavy atom. The van der Waals surface area contributed by atoms with Crippen LogP contribution < -0.4 is 10.1 Å². The van der Waals surface area contributed by atoms with Gasteiger partial charge >= 0.3 is 0 Å². The lowest BCUT2D eigenvalue weighted by Crippen LogP contribution is -2.29. The average molecular weight is 299 g/mol. The number of nitrogens with one attached hydrogen (secondary N) is 1. The van der Waals surface area contributed by atoms with Crippen molar-refractivity contribution in [2.45, 2.75) is 20.0 Å². The molecule has 1 amide bonds. The molecule has 0 saturated heterocycles. The normalized spacial score (nSPS) is 11.8. The molecule has 0 radical (unpaired) electrons. The summed E-state index contributed by atoms with van der Waals surface area (Å²) in [6.45, 7) is 4.04. The van der Waals surface area contributed by atoms with Gasteiger partial charge in [0.1, 0.15) is 5.75 Å². The molecule has 1 unspecified atom stereocenters. The minimum absolute atomic E-state index is 0.152. The standard InChI is InChI=1S/C18H21NO3/c1-12-6-4-9-16(13(12)2)18(21)19-11-17(20)14-7-5-8-15(10-14)22-3/h4-10,17,20H,11H2,1-3H3,(H,19,21). The Labute approximate surface area is 130 Å². The molecule has 0 aliphatic heterocycles. The Hall–Kier alpha value is -2.33. The molecule has 2 aromatic carbocycles. The second-order valence-corrected chi connectivity index (χ2v) is 5.25. The number of carbonyl (C=O) groups is 1. The van der Waals surface area contributed by atoms with Gasteiger partial charge in [-0.25, -0.2) is 0 Å². The molecule has 0 aromatic heterocycles. The zero-order valence-corrected chi connectivity index (χ0v) is 13.1. The highest BCUT2D eigenvalue weighted by atomic mass is 16.5. The monoisotopic (exact) mass is 299 g/mol. The lowest BCUT2D eigenvalue weighted by atomic mass is 10.0. The first-order valence-electron chi connectivity index (χ1n) is 7.19. The Bertz CT molecular complexity index is 667. The molecule has 2 N–H and O–H groups in total. The molecular formula is C18H21NO3. The fraction of sp³-hybridized carbons (Fsp3) is 0.278. The Morgan fingerprint density at radius 3 is 2.68 bits per heavy atom. The molecule has 4 nitrogen and oxygen atoms in total. The molecule has 0 aliphatic rings. The van der Waals surface area contributed by atoms with Gasteiger partial charge in [-0.1, -0.05) is 24.3 Å². The second kappa shape index (κ2) is 7.09. The van der Waals surface area contributed by atoms with Crippen molar-refractivity contribution < 1.29 is 14.6 Å². The molecule has 0 bridgehead atoms. The van der Waals surface area contributed by atoms with Gasteiger partial charge in [0.2, 0.25) is 0 Å².